The van der Waals surface area contributed by atoms with Crippen LogP contribution >= 0.6 is 23.4 Å². The summed E-state index contributed by atoms with van der Waals surface area (Å²) in [7, 11) is 1.62. The highest BCUT2D eigenvalue weighted by Crippen LogP contribution is 2.37. The van der Waals surface area contributed by atoms with Gasteiger partial charge in [-0.3, -0.25) is 0 Å². The van der Waals surface area contributed by atoms with Gasteiger partial charge in [0.25, 0.3) is 0 Å². The van der Waals surface area contributed by atoms with E-state index in [4.69, 9.17) is 21.1 Å². The van der Waals surface area contributed by atoms with Crippen molar-refractivity contribution in [2.45, 2.75) is 25.2 Å². The quantitative estimate of drug-likeness (QED) is 0.229. The first-order chi connectivity index (χ1) is 16.6. The molecule has 0 aliphatic rings. The number of benzene rings is 3. The van der Waals surface area contributed by atoms with Crippen molar-refractivity contribution < 1.29 is 9.47 Å². The molecule has 0 saturated heterocycles. The van der Waals surface area contributed by atoms with Crippen LogP contribution in [0.1, 0.15) is 16.7 Å². The van der Waals surface area contributed by atoms with Gasteiger partial charge in [0.05, 0.1) is 17.8 Å². The summed E-state index contributed by atoms with van der Waals surface area (Å²) in [4.78, 5) is 0. The van der Waals surface area contributed by atoms with E-state index >= 15 is 0 Å². The summed E-state index contributed by atoms with van der Waals surface area (Å²) in [5.41, 5.74) is 4.23. The SMILES string of the molecule is COc1cc(CNCCSc2nnnn2-c2ccccc2)cc(Cl)c1OCc1cccc(C)c1. The zero-order chi connectivity index (χ0) is 23.8. The Hall–Kier alpha value is -3.07. The average Bonchev–Trinajstić information content (AvgIpc) is 3.32. The molecule has 4 rings (SSSR count). The van der Waals surface area contributed by atoms with Crippen molar-refractivity contribution in [1.82, 2.24) is 25.5 Å². The zero-order valence-corrected chi connectivity index (χ0v) is 20.6. The number of halogens is 1. The fourth-order valence-electron chi connectivity index (χ4n) is 3.42. The summed E-state index contributed by atoms with van der Waals surface area (Å²) in [6.07, 6.45) is 0. The number of aromatic nitrogens is 4. The molecule has 4 aromatic rings. The Morgan fingerprint density at radius 1 is 1.03 bits per heavy atom. The number of hydrogen-bond acceptors (Lipinski definition) is 7. The minimum atomic E-state index is 0.426. The lowest BCUT2D eigenvalue weighted by Gasteiger charge is -2.15. The molecule has 0 aliphatic carbocycles. The number of nitrogens with zero attached hydrogens (tertiary/aromatic N) is 4. The summed E-state index contributed by atoms with van der Waals surface area (Å²) < 4.78 is 13.3. The van der Waals surface area contributed by atoms with Gasteiger partial charge in [-0.2, -0.15) is 4.68 Å². The van der Waals surface area contributed by atoms with Crippen molar-refractivity contribution in [1.29, 1.82) is 0 Å². The van der Waals surface area contributed by atoms with E-state index in [0.29, 0.717) is 29.7 Å². The monoisotopic (exact) mass is 495 g/mol. The average molecular weight is 496 g/mol. The van der Waals surface area contributed by atoms with E-state index in [0.717, 1.165) is 34.3 Å². The third-order valence-corrected chi connectivity index (χ3v) is 6.24. The lowest BCUT2D eigenvalue weighted by Crippen LogP contribution is -2.17. The van der Waals surface area contributed by atoms with Crippen LogP contribution in [0.25, 0.3) is 5.69 Å². The molecule has 0 radical (unpaired) electrons. The second kappa shape index (κ2) is 11.9. The van der Waals surface area contributed by atoms with Gasteiger partial charge in [0.15, 0.2) is 11.5 Å². The normalized spacial score (nSPS) is 10.9. The molecule has 0 unspecified atom stereocenters. The Balaban J connectivity index is 1.29. The van der Waals surface area contributed by atoms with E-state index in [1.54, 1.807) is 23.6 Å². The number of hydrogen-bond donors (Lipinski definition) is 1. The lowest BCUT2D eigenvalue weighted by molar-refractivity contribution is 0.284. The summed E-state index contributed by atoms with van der Waals surface area (Å²) in [5, 5.41) is 16.7. The molecule has 0 amide bonds. The van der Waals surface area contributed by atoms with Gasteiger partial charge in [-0.1, -0.05) is 71.4 Å². The molecule has 1 aromatic heterocycles. The van der Waals surface area contributed by atoms with Crippen LogP contribution in [-0.2, 0) is 13.2 Å². The topological polar surface area (TPSA) is 74.1 Å². The van der Waals surface area contributed by atoms with Crippen LogP contribution in [0.15, 0.2) is 71.9 Å². The summed E-state index contributed by atoms with van der Waals surface area (Å²) >= 11 is 8.13. The van der Waals surface area contributed by atoms with Gasteiger partial charge in [0.1, 0.15) is 6.61 Å². The van der Waals surface area contributed by atoms with Gasteiger partial charge in [0.2, 0.25) is 5.16 Å². The predicted molar refractivity (Wildman–Crippen MR) is 135 cm³/mol. The van der Waals surface area contributed by atoms with E-state index in [1.807, 2.05) is 54.6 Å². The van der Waals surface area contributed by atoms with Crippen LogP contribution in [0.5, 0.6) is 11.5 Å². The first-order valence-electron chi connectivity index (χ1n) is 10.9. The Kier molecular flexibility index (Phi) is 8.41. The molecule has 34 heavy (non-hydrogen) atoms. The number of methoxy groups -OCH3 is 1. The van der Waals surface area contributed by atoms with Crippen molar-refractivity contribution in [2.24, 2.45) is 0 Å². The fraction of sp³-hybridized carbons (Fsp3) is 0.240. The molecular weight excluding hydrogens is 470 g/mol. The molecule has 0 fully saturated rings. The highest BCUT2D eigenvalue weighted by atomic mass is 35.5. The highest BCUT2D eigenvalue weighted by Gasteiger charge is 2.13. The second-order valence-corrected chi connectivity index (χ2v) is 9.09. The van der Waals surface area contributed by atoms with Crippen LogP contribution in [-0.4, -0.2) is 39.6 Å². The summed E-state index contributed by atoms with van der Waals surface area (Å²) in [5.74, 6) is 1.99. The number of tetrazole rings is 1. The standard InChI is InChI=1S/C25H26ClN5O2S/c1-18-7-6-8-19(13-18)17-33-24-22(26)14-20(15-23(24)32-2)16-27-11-12-34-25-28-29-30-31(25)21-9-4-3-5-10-21/h3-10,13-15,27H,11-12,16-17H2,1-2H3. The molecule has 9 heteroatoms. The van der Waals surface area contributed by atoms with Crippen LogP contribution in [0.4, 0.5) is 0 Å². The fourth-order valence-corrected chi connectivity index (χ4v) is 4.50. The molecule has 1 N–H and O–H groups in total. The minimum Gasteiger partial charge on any atom is -0.493 e. The maximum atomic E-state index is 6.53. The minimum absolute atomic E-state index is 0.426. The van der Waals surface area contributed by atoms with Gasteiger partial charge in [-0.05, 0) is 52.7 Å². The van der Waals surface area contributed by atoms with Gasteiger partial charge in [0, 0.05) is 18.8 Å². The molecule has 0 saturated carbocycles. The number of aryl methyl sites for hydroxylation is 1. The number of ether oxygens (including phenoxy) is 2. The molecule has 0 bridgehead atoms. The van der Waals surface area contributed by atoms with Gasteiger partial charge >= 0.3 is 0 Å². The third-order valence-electron chi connectivity index (χ3n) is 5.04. The first kappa shape index (κ1) is 24.1. The Morgan fingerprint density at radius 3 is 2.68 bits per heavy atom. The van der Waals surface area contributed by atoms with E-state index in [-0.39, 0.29) is 0 Å². The van der Waals surface area contributed by atoms with Crippen molar-refractivity contribution in [2.75, 3.05) is 19.4 Å². The van der Waals surface area contributed by atoms with Crippen LogP contribution in [0.2, 0.25) is 5.02 Å². The van der Waals surface area contributed by atoms with Crippen LogP contribution < -0.4 is 14.8 Å². The first-order valence-corrected chi connectivity index (χ1v) is 12.2. The Morgan fingerprint density at radius 2 is 1.88 bits per heavy atom. The van der Waals surface area contributed by atoms with Gasteiger partial charge in [-0.15, -0.1) is 5.10 Å². The molecule has 3 aromatic carbocycles. The van der Waals surface area contributed by atoms with Gasteiger partial charge < -0.3 is 14.8 Å². The van der Waals surface area contributed by atoms with Gasteiger partial charge in [-0.25, -0.2) is 0 Å². The summed E-state index contributed by atoms with van der Waals surface area (Å²) in [6, 6.07) is 21.9. The van der Waals surface area contributed by atoms with Crippen molar-refractivity contribution >= 4 is 23.4 Å². The smallest absolute Gasteiger partial charge is 0.214 e. The third kappa shape index (κ3) is 6.28. The molecular formula is C25H26ClN5O2S. The molecule has 0 spiro atoms. The van der Waals surface area contributed by atoms with Crippen molar-refractivity contribution in [3.63, 3.8) is 0 Å². The van der Waals surface area contributed by atoms with Crippen molar-refractivity contribution in [3.8, 4) is 17.2 Å². The number of rotatable bonds is 11. The molecule has 0 aliphatic heterocycles. The number of para-hydroxylation sites is 1. The highest BCUT2D eigenvalue weighted by molar-refractivity contribution is 7.99. The molecule has 0 atom stereocenters. The maximum Gasteiger partial charge on any atom is 0.214 e. The van der Waals surface area contributed by atoms with E-state index in [1.165, 1.54) is 5.56 Å². The number of thioether (sulfide) groups is 1. The van der Waals surface area contributed by atoms with Crippen LogP contribution in [0, 0.1) is 6.92 Å². The molecule has 1 heterocycles. The van der Waals surface area contributed by atoms with Crippen LogP contribution in [0.3, 0.4) is 0 Å². The Labute approximate surface area is 208 Å². The predicted octanol–water partition coefficient (Wildman–Crippen LogP) is 5.09. The largest absolute Gasteiger partial charge is 0.493 e. The van der Waals surface area contributed by atoms with Crippen molar-refractivity contribution in [3.05, 3.63) is 88.4 Å². The zero-order valence-electron chi connectivity index (χ0n) is 19.1. The maximum absolute atomic E-state index is 6.53. The summed E-state index contributed by atoms with van der Waals surface area (Å²) in [6.45, 7) is 3.91. The van der Waals surface area contributed by atoms with E-state index in [9.17, 15) is 0 Å². The second-order valence-electron chi connectivity index (χ2n) is 7.62. The van der Waals surface area contributed by atoms with E-state index < -0.39 is 0 Å². The molecule has 7 nitrogen and oxygen atoms in total. The lowest BCUT2D eigenvalue weighted by atomic mass is 10.1. The molecule has 176 valence electrons. The van der Waals surface area contributed by atoms with E-state index in [2.05, 4.69) is 39.9 Å². The number of nitrogens with one attached hydrogen (secondary N) is 1. The Bertz CT molecular complexity index is 1220.